The van der Waals surface area contributed by atoms with Gasteiger partial charge in [0.15, 0.2) is 0 Å². The van der Waals surface area contributed by atoms with Gasteiger partial charge in [-0.3, -0.25) is 5.32 Å². The van der Waals surface area contributed by atoms with Crippen LogP contribution in [-0.2, 0) is 6.42 Å². The lowest BCUT2D eigenvalue weighted by molar-refractivity contribution is 0.262. The van der Waals surface area contributed by atoms with Crippen molar-refractivity contribution in [2.45, 2.75) is 6.42 Å². The number of nitrogens with zero attached hydrogens (tertiary/aromatic N) is 1. The van der Waals surface area contributed by atoms with Gasteiger partial charge in [0.05, 0.1) is 5.01 Å². The van der Waals surface area contributed by atoms with Crippen molar-refractivity contribution in [3.8, 4) is 0 Å². The molecule has 0 fully saturated rings. The number of thiazole rings is 1. The van der Waals surface area contributed by atoms with Crippen molar-refractivity contribution < 1.29 is 4.79 Å². The van der Waals surface area contributed by atoms with Gasteiger partial charge in [0.1, 0.15) is 5.82 Å². The summed E-state index contributed by atoms with van der Waals surface area (Å²) in [6.45, 7) is 0. The number of para-hydroxylation sites is 1. The Bertz CT molecular complexity index is 708. The summed E-state index contributed by atoms with van der Waals surface area (Å²) in [7, 11) is 0. The van der Waals surface area contributed by atoms with Crippen molar-refractivity contribution in [1.29, 1.82) is 0 Å². The molecule has 2 amide bonds. The van der Waals surface area contributed by atoms with E-state index in [-0.39, 0.29) is 6.03 Å². The lowest BCUT2D eigenvalue weighted by Gasteiger charge is -2.04. The SMILES string of the molecule is O=C(Nc1ccccc1)Nc1csc(Cc2ccsc2)n1. The Kier molecular flexibility index (Phi) is 4.28. The Morgan fingerprint density at radius 3 is 2.71 bits per heavy atom. The van der Waals surface area contributed by atoms with E-state index in [9.17, 15) is 4.79 Å². The zero-order valence-electron chi connectivity index (χ0n) is 11.1. The van der Waals surface area contributed by atoms with E-state index in [1.165, 1.54) is 5.56 Å². The molecule has 6 heteroatoms. The molecular weight excluding hydrogens is 302 g/mol. The lowest BCUT2D eigenvalue weighted by atomic mass is 10.2. The van der Waals surface area contributed by atoms with Crippen molar-refractivity contribution in [1.82, 2.24) is 4.98 Å². The molecule has 0 bridgehead atoms. The highest BCUT2D eigenvalue weighted by Gasteiger charge is 2.07. The molecule has 0 aliphatic rings. The van der Waals surface area contributed by atoms with Crippen LogP contribution in [0.4, 0.5) is 16.3 Å². The van der Waals surface area contributed by atoms with Crippen LogP contribution in [0.2, 0.25) is 0 Å². The van der Waals surface area contributed by atoms with Crippen molar-refractivity contribution >= 4 is 40.2 Å². The molecule has 0 saturated heterocycles. The molecule has 106 valence electrons. The summed E-state index contributed by atoms with van der Waals surface area (Å²) in [5, 5.41) is 12.5. The van der Waals surface area contributed by atoms with Crippen LogP contribution in [0.1, 0.15) is 10.6 Å². The Labute approximate surface area is 130 Å². The third-order valence-electron chi connectivity index (χ3n) is 2.76. The van der Waals surface area contributed by atoms with Crippen molar-refractivity contribution in [2.75, 3.05) is 10.6 Å². The van der Waals surface area contributed by atoms with Gasteiger partial charge in [0.2, 0.25) is 0 Å². The number of carbonyl (C=O) groups is 1. The molecule has 0 unspecified atom stereocenters. The third-order valence-corrected chi connectivity index (χ3v) is 4.34. The lowest BCUT2D eigenvalue weighted by Crippen LogP contribution is -2.19. The zero-order valence-corrected chi connectivity index (χ0v) is 12.7. The Hall–Kier alpha value is -2.18. The first kappa shape index (κ1) is 13.8. The average molecular weight is 315 g/mol. The number of hydrogen-bond acceptors (Lipinski definition) is 4. The standard InChI is InChI=1S/C15H13N3OS2/c19-15(16-12-4-2-1-3-5-12)18-13-10-21-14(17-13)8-11-6-7-20-9-11/h1-7,9-10H,8H2,(H2,16,18,19). The van der Waals surface area contributed by atoms with E-state index in [1.54, 1.807) is 22.7 Å². The monoisotopic (exact) mass is 315 g/mol. The highest BCUT2D eigenvalue weighted by atomic mass is 32.1. The van der Waals surface area contributed by atoms with Gasteiger partial charge in [-0.2, -0.15) is 11.3 Å². The summed E-state index contributed by atoms with van der Waals surface area (Å²) in [6, 6.07) is 11.1. The number of rotatable bonds is 4. The average Bonchev–Trinajstić information content (AvgIpc) is 3.13. The van der Waals surface area contributed by atoms with E-state index >= 15 is 0 Å². The van der Waals surface area contributed by atoms with Crippen LogP contribution < -0.4 is 10.6 Å². The quantitative estimate of drug-likeness (QED) is 0.748. The molecule has 0 aliphatic carbocycles. The molecule has 4 nitrogen and oxygen atoms in total. The predicted octanol–water partition coefficient (Wildman–Crippen LogP) is 4.44. The molecule has 21 heavy (non-hydrogen) atoms. The molecule has 0 spiro atoms. The number of aromatic nitrogens is 1. The van der Waals surface area contributed by atoms with Crippen molar-refractivity contribution in [3.05, 3.63) is 63.1 Å². The van der Waals surface area contributed by atoms with E-state index in [2.05, 4.69) is 32.4 Å². The molecule has 0 atom stereocenters. The van der Waals surface area contributed by atoms with E-state index < -0.39 is 0 Å². The Morgan fingerprint density at radius 2 is 1.95 bits per heavy atom. The smallest absolute Gasteiger partial charge is 0.308 e. The van der Waals surface area contributed by atoms with Crippen LogP contribution in [0.5, 0.6) is 0 Å². The fourth-order valence-corrected chi connectivity index (χ4v) is 3.25. The Morgan fingerprint density at radius 1 is 1.10 bits per heavy atom. The first-order chi connectivity index (χ1) is 10.3. The van der Waals surface area contributed by atoms with Crippen LogP contribution in [0, 0.1) is 0 Å². The maximum atomic E-state index is 11.9. The minimum Gasteiger partial charge on any atom is -0.308 e. The normalized spacial score (nSPS) is 10.3. The largest absolute Gasteiger partial charge is 0.324 e. The van der Waals surface area contributed by atoms with Gasteiger partial charge in [-0.15, -0.1) is 11.3 Å². The predicted molar refractivity (Wildman–Crippen MR) is 88.3 cm³/mol. The molecule has 3 aromatic rings. The number of thiophene rings is 1. The fourth-order valence-electron chi connectivity index (χ4n) is 1.82. The molecule has 2 heterocycles. The third kappa shape index (κ3) is 3.90. The number of anilines is 2. The first-order valence-electron chi connectivity index (χ1n) is 6.38. The number of urea groups is 1. The number of hydrogen-bond donors (Lipinski definition) is 2. The summed E-state index contributed by atoms with van der Waals surface area (Å²) >= 11 is 3.22. The van der Waals surface area contributed by atoms with Gasteiger partial charge in [-0.1, -0.05) is 18.2 Å². The van der Waals surface area contributed by atoms with Gasteiger partial charge in [-0.05, 0) is 34.5 Å². The van der Waals surface area contributed by atoms with Crippen LogP contribution in [-0.4, -0.2) is 11.0 Å². The highest BCUT2D eigenvalue weighted by Crippen LogP contribution is 2.19. The van der Waals surface area contributed by atoms with Crippen molar-refractivity contribution in [2.24, 2.45) is 0 Å². The second-order valence-corrected chi connectivity index (χ2v) is 6.10. The molecule has 0 aliphatic heterocycles. The minimum atomic E-state index is -0.284. The molecule has 0 saturated carbocycles. The van der Waals surface area contributed by atoms with Crippen LogP contribution in [0.3, 0.4) is 0 Å². The number of carbonyl (C=O) groups excluding carboxylic acids is 1. The van der Waals surface area contributed by atoms with Gasteiger partial charge < -0.3 is 5.32 Å². The molecule has 2 aromatic heterocycles. The van der Waals surface area contributed by atoms with Gasteiger partial charge in [-0.25, -0.2) is 9.78 Å². The summed E-state index contributed by atoms with van der Waals surface area (Å²) in [6.07, 6.45) is 0.802. The zero-order chi connectivity index (χ0) is 14.5. The highest BCUT2D eigenvalue weighted by molar-refractivity contribution is 7.10. The van der Waals surface area contributed by atoms with Gasteiger partial charge in [0.25, 0.3) is 0 Å². The second kappa shape index (κ2) is 6.51. The molecule has 0 radical (unpaired) electrons. The van der Waals surface area contributed by atoms with Crippen LogP contribution in [0.25, 0.3) is 0 Å². The van der Waals surface area contributed by atoms with E-state index in [1.807, 2.05) is 35.7 Å². The minimum absolute atomic E-state index is 0.284. The Balaban J connectivity index is 1.58. The number of benzene rings is 1. The van der Waals surface area contributed by atoms with E-state index in [0.717, 1.165) is 17.1 Å². The second-order valence-electron chi connectivity index (χ2n) is 4.38. The summed E-state index contributed by atoms with van der Waals surface area (Å²) in [5.74, 6) is 0.582. The first-order valence-corrected chi connectivity index (χ1v) is 8.20. The molecule has 2 N–H and O–H groups in total. The fraction of sp³-hybridized carbons (Fsp3) is 0.0667. The van der Waals surface area contributed by atoms with Crippen molar-refractivity contribution in [3.63, 3.8) is 0 Å². The van der Waals surface area contributed by atoms with E-state index in [4.69, 9.17) is 0 Å². The van der Waals surface area contributed by atoms with Crippen LogP contribution >= 0.6 is 22.7 Å². The summed E-state index contributed by atoms with van der Waals surface area (Å²) in [4.78, 5) is 16.3. The number of nitrogens with one attached hydrogen (secondary N) is 2. The molecular formula is C15H13N3OS2. The van der Waals surface area contributed by atoms with Gasteiger partial charge in [0, 0.05) is 17.5 Å². The molecule has 3 rings (SSSR count). The maximum Gasteiger partial charge on any atom is 0.324 e. The van der Waals surface area contributed by atoms with Gasteiger partial charge >= 0.3 is 6.03 Å². The molecule has 1 aromatic carbocycles. The van der Waals surface area contributed by atoms with E-state index in [0.29, 0.717) is 5.82 Å². The maximum absolute atomic E-state index is 11.9. The topological polar surface area (TPSA) is 54.0 Å². The number of amides is 2. The summed E-state index contributed by atoms with van der Waals surface area (Å²) < 4.78 is 0. The van der Waals surface area contributed by atoms with Crippen LogP contribution in [0.15, 0.2) is 52.5 Å². The summed E-state index contributed by atoms with van der Waals surface area (Å²) in [5.41, 5.74) is 2.00.